The third-order valence-electron chi connectivity index (χ3n) is 5.07. The van der Waals surface area contributed by atoms with Gasteiger partial charge in [-0.05, 0) is 24.6 Å². The highest BCUT2D eigenvalue weighted by Gasteiger charge is 2.24. The predicted octanol–water partition coefficient (Wildman–Crippen LogP) is 1.84. The summed E-state index contributed by atoms with van der Waals surface area (Å²) in [5.41, 5.74) is 1.67. The summed E-state index contributed by atoms with van der Waals surface area (Å²) in [5, 5.41) is 2.60. The Bertz CT molecular complexity index is 813. The summed E-state index contributed by atoms with van der Waals surface area (Å²) in [6, 6.07) is 6.47. The van der Waals surface area contributed by atoms with E-state index in [9.17, 15) is 4.79 Å². The highest BCUT2D eigenvalue weighted by Crippen LogP contribution is 2.34. The maximum atomic E-state index is 11.1. The molecule has 1 saturated heterocycles. The van der Waals surface area contributed by atoms with Crippen molar-refractivity contribution in [1.29, 1.82) is 0 Å². The van der Waals surface area contributed by atoms with Gasteiger partial charge < -0.3 is 19.7 Å². The molecule has 0 aliphatic carbocycles. The Labute approximate surface area is 171 Å². The summed E-state index contributed by atoms with van der Waals surface area (Å²) < 4.78 is 11.3. The van der Waals surface area contributed by atoms with Crippen molar-refractivity contribution in [3.05, 3.63) is 36.0 Å². The van der Waals surface area contributed by atoms with E-state index in [0.717, 1.165) is 37.7 Å². The average Bonchev–Trinajstić information content (AvgIpc) is 2.73. The van der Waals surface area contributed by atoms with E-state index < -0.39 is 0 Å². The molecule has 29 heavy (non-hydrogen) atoms. The van der Waals surface area contributed by atoms with Crippen LogP contribution in [-0.2, 0) is 4.79 Å². The van der Waals surface area contributed by atoms with Crippen molar-refractivity contribution in [2.45, 2.75) is 19.9 Å². The summed E-state index contributed by atoms with van der Waals surface area (Å²) in [4.78, 5) is 24.3. The largest absolute Gasteiger partial charge is 0.486 e. The average molecular weight is 399 g/mol. The Morgan fingerprint density at radius 2 is 1.90 bits per heavy atom. The van der Waals surface area contributed by atoms with Crippen molar-refractivity contribution in [1.82, 2.24) is 15.1 Å². The van der Waals surface area contributed by atoms with Gasteiger partial charge in [0.25, 0.3) is 0 Å². The predicted molar refractivity (Wildman–Crippen MR) is 114 cm³/mol. The van der Waals surface area contributed by atoms with Gasteiger partial charge in [0.15, 0.2) is 11.5 Å². The van der Waals surface area contributed by atoms with Gasteiger partial charge in [-0.2, -0.15) is 0 Å². The van der Waals surface area contributed by atoms with Gasteiger partial charge in [-0.25, -0.2) is 4.99 Å². The number of allylic oxidation sites excluding steroid dienone is 1. The molecule has 2 heterocycles. The molecule has 2 aliphatic heterocycles. The van der Waals surface area contributed by atoms with E-state index >= 15 is 0 Å². The number of hydrogen-bond donors (Lipinski definition) is 1. The van der Waals surface area contributed by atoms with Crippen LogP contribution in [0.5, 0.6) is 11.5 Å². The maximum absolute atomic E-state index is 11.1. The van der Waals surface area contributed by atoms with E-state index in [-0.39, 0.29) is 11.9 Å². The lowest BCUT2D eigenvalue weighted by molar-refractivity contribution is -0.118. The first-order valence-corrected chi connectivity index (χ1v) is 9.84. The van der Waals surface area contributed by atoms with Gasteiger partial charge >= 0.3 is 0 Å². The number of benzene rings is 1. The van der Waals surface area contributed by atoms with Crippen LogP contribution in [-0.4, -0.2) is 74.3 Å². The quantitative estimate of drug-likeness (QED) is 0.617. The van der Waals surface area contributed by atoms with Crippen LogP contribution in [0.1, 0.15) is 25.5 Å². The number of rotatable bonds is 4. The molecule has 3 rings (SSSR count). The number of guanidine groups is 1. The SMILES string of the molecule is C=C(C=NC(=NC)N1CCN(C(C)c2ccc3c(c2)OCCO3)CC1)NC(C)=O. The normalized spacial score (nSPS) is 18.6. The molecule has 8 nitrogen and oxygen atoms in total. The Kier molecular flexibility index (Phi) is 6.87. The lowest BCUT2D eigenvalue weighted by Gasteiger charge is -2.38. The molecule has 1 N–H and O–H groups in total. The van der Waals surface area contributed by atoms with Crippen LogP contribution in [0.25, 0.3) is 0 Å². The van der Waals surface area contributed by atoms with Gasteiger partial charge in [0.05, 0.1) is 11.9 Å². The van der Waals surface area contributed by atoms with E-state index in [4.69, 9.17) is 9.47 Å². The summed E-state index contributed by atoms with van der Waals surface area (Å²) in [6.07, 6.45) is 1.54. The molecule has 0 aromatic heterocycles. The van der Waals surface area contributed by atoms with E-state index in [0.29, 0.717) is 24.9 Å². The fourth-order valence-corrected chi connectivity index (χ4v) is 3.51. The van der Waals surface area contributed by atoms with Crippen molar-refractivity contribution in [2.24, 2.45) is 9.98 Å². The number of amides is 1. The van der Waals surface area contributed by atoms with Gasteiger partial charge in [-0.1, -0.05) is 12.6 Å². The van der Waals surface area contributed by atoms with Crippen molar-refractivity contribution in [3.8, 4) is 11.5 Å². The summed E-state index contributed by atoms with van der Waals surface area (Å²) in [5.74, 6) is 2.12. The van der Waals surface area contributed by atoms with Crippen molar-refractivity contribution >= 4 is 18.1 Å². The summed E-state index contributed by atoms with van der Waals surface area (Å²) in [6.45, 7) is 12.1. The minimum absolute atomic E-state index is 0.168. The molecule has 8 heteroatoms. The fourth-order valence-electron chi connectivity index (χ4n) is 3.51. The van der Waals surface area contributed by atoms with Crippen molar-refractivity contribution < 1.29 is 14.3 Å². The van der Waals surface area contributed by atoms with Crippen LogP contribution in [0.2, 0.25) is 0 Å². The van der Waals surface area contributed by atoms with Gasteiger partial charge in [0.1, 0.15) is 13.2 Å². The molecule has 1 atom stereocenters. The summed E-state index contributed by atoms with van der Waals surface area (Å²) >= 11 is 0. The highest BCUT2D eigenvalue weighted by molar-refractivity contribution is 5.95. The second kappa shape index (κ2) is 9.56. The number of fused-ring (bicyclic) bond motifs is 1. The van der Waals surface area contributed by atoms with Crippen LogP contribution in [0.3, 0.4) is 0 Å². The molecule has 0 saturated carbocycles. The molecular formula is C21H29N5O3. The molecule has 156 valence electrons. The lowest BCUT2D eigenvalue weighted by atomic mass is 10.0. The zero-order valence-electron chi connectivity index (χ0n) is 17.4. The molecule has 2 aliphatic rings. The second-order valence-electron chi connectivity index (χ2n) is 7.09. The van der Waals surface area contributed by atoms with Crippen LogP contribution < -0.4 is 14.8 Å². The van der Waals surface area contributed by atoms with Crippen LogP contribution in [0.4, 0.5) is 0 Å². The number of carbonyl (C=O) groups is 1. The summed E-state index contributed by atoms with van der Waals surface area (Å²) in [7, 11) is 1.72. The molecule has 0 spiro atoms. The molecule has 0 radical (unpaired) electrons. The van der Waals surface area contributed by atoms with Gasteiger partial charge in [-0.3, -0.25) is 14.7 Å². The van der Waals surface area contributed by atoms with Crippen molar-refractivity contribution in [2.75, 3.05) is 46.4 Å². The topological polar surface area (TPSA) is 78.8 Å². The number of ether oxygens (including phenoxy) is 2. The lowest BCUT2D eigenvalue weighted by Crippen LogP contribution is -2.49. The molecule has 1 aromatic carbocycles. The number of carbonyl (C=O) groups excluding carboxylic acids is 1. The Balaban J connectivity index is 1.57. The Morgan fingerprint density at radius 1 is 1.21 bits per heavy atom. The molecule has 1 aromatic rings. The molecule has 1 amide bonds. The first-order chi connectivity index (χ1) is 14.0. The second-order valence-corrected chi connectivity index (χ2v) is 7.09. The van der Waals surface area contributed by atoms with E-state index in [1.807, 2.05) is 6.07 Å². The smallest absolute Gasteiger partial charge is 0.221 e. The number of nitrogens with one attached hydrogen (secondary N) is 1. The third kappa shape index (κ3) is 5.35. The standard InChI is InChI=1S/C21H29N5O3/c1-15(24-17(3)27)14-23-21(22-4)26-9-7-25(8-10-26)16(2)18-5-6-19-20(13-18)29-12-11-28-19/h5-6,13-14,16H,1,7-12H2,2-4H3,(H,24,27). The fraction of sp³-hybridized carbons (Fsp3) is 0.476. The van der Waals surface area contributed by atoms with Crippen LogP contribution in [0.15, 0.2) is 40.5 Å². The van der Waals surface area contributed by atoms with Crippen LogP contribution >= 0.6 is 0 Å². The number of nitrogens with zero attached hydrogens (tertiary/aromatic N) is 4. The molecule has 1 fully saturated rings. The first-order valence-electron chi connectivity index (χ1n) is 9.84. The maximum Gasteiger partial charge on any atom is 0.221 e. The minimum atomic E-state index is -0.168. The third-order valence-corrected chi connectivity index (χ3v) is 5.07. The monoisotopic (exact) mass is 399 g/mol. The van der Waals surface area contributed by atoms with E-state index in [1.165, 1.54) is 18.7 Å². The Morgan fingerprint density at radius 3 is 2.55 bits per heavy atom. The van der Waals surface area contributed by atoms with Gasteiger partial charge in [0, 0.05) is 46.2 Å². The van der Waals surface area contributed by atoms with E-state index in [2.05, 4.69) is 50.7 Å². The number of aliphatic imine (C=N–C) groups is 2. The van der Waals surface area contributed by atoms with Crippen molar-refractivity contribution in [3.63, 3.8) is 0 Å². The van der Waals surface area contributed by atoms with E-state index in [1.54, 1.807) is 7.05 Å². The zero-order chi connectivity index (χ0) is 20.8. The first kappa shape index (κ1) is 20.9. The molecule has 1 unspecified atom stereocenters. The molecular weight excluding hydrogens is 370 g/mol. The zero-order valence-corrected chi connectivity index (χ0v) is 17.4. The Hall–Kier alpha value is -2.87. The molecule has 0 bridgehead atoms. The minimum Gasteiger partial charge on any atom is -0.486 e. The van der Waals surface area contributed by atoms with Gasteiger partial charge in [0.2, 0.25) is 11.9 Å². The van der Waals surface area contributed by atoms with Crippen LogP contribution in [0, 0.1) is 0 Å². The number of piperazine rings is 1. The highest BCUT2D eigenvalue weighted by atomic mass is 16.6. The number of hydrogen-bond acceptors (Lipinski definition) is 5. The van der Waals surface area contributed by atoms with Gasteiger partial charge in [-0.15, -0.1) is 0 Å².